The highest BCUT2D eigenvalue weighted by molar-refractivity contribution is 5.90. The fourth-order valence-electron chi connectivity index (χ4n) is 2.40. The Labute approximate surface area is 114 Å². The normalized spacial score (nSPS) is 19.4. The number of amides is 1. The summed E-state index contributed by atoms with van der Waals surface area (Å²) < 4.78 is 0. The molecule has 2 rings (SSSR count). The Morgan fingerprint density at radius 3 is 3.00 bits per heavy atom. The summed E-state index contributed by atoms with van der Waals surface area (Å²) in [5.41, 5.74) is 0. The monoisotopic (exact) mass is 265 g/mol. The van der Waals surface area contributed by atoms with E-state index in [-0.39, 0.29) is 11.7 Å². The van der Waals surface area contributed by atoms with Gasteiger partial charge in [-0.05, 0) is 25.8 Å². The molecular formula is C13H23N5O. The van der Waals surface area contributed by atoms with E-state index < -0.39 is 0 Å². The first-order chi connectivity index (χ1) is 9.20. The predicted molar refractivity (Wildman–Crippen MR) is 73.0 cm³/mol. The Balaban J connectivity index is 1.89. The number of rotatable bonds is 5. The molecule has 1 fully saturated rings. The van der Waals surface area contributed by atoms with Gasteiger partial charge in [-0.25, -0.2) is 4.98 Å². The molecule has 0 saturated carbocycles. The van der Waals surface area contributed by atoms with E-state index in [9.17, 15) is 4.79 Å². The van der Waals surface area contributed by atoms with Crippen molar-refractivity contribution < 1.29 is 4.79 Å². The molecule has 0 radical (unpaired) electrons. The zero-order valence-corrected chi connectivity index (χ0v) is 11.8. The lowest BCUT2D eigenvalue weighted by atomic mass is 10.0. The molecule has 6 heteroatoms. The largest absolute Gasteiger partial charge is 0.337 e. The molecule has 1 aliphatic heterocycles. The fraction of sp³-hybridized carbons (Fsp3) is 0.769. The van der Waals surface area contributed by atoms with Crippen LogP contribution < -0.4 is 5.32 Å². The third-order valence-electron chi connectivity index (χ3n) is 3.46. The molecule has 1 aromatic rings. The van der Waals surface area contributed by atoms with Gasteiger partial charge >= 0.3 is 0 Å². The predicted octanol–water partition coefficient (Wildman–Crippen LogP) is 0.971. The maximum Gasteiger partial charge on any atom is 0.293 e. The average Bonchev–Trinajstić information content (AvgIpc) is 2.88. The summed E-state index contributed by atoms with van der Waals surface area (Å²) in [5, 5.41) is 10.3. The van der Waals surface area contributed by atoms with Crippen LogP contribution in [0.15, 0.2) is 0 Å². The van der Waals surface area contributed by atoms with Crippen molar-refractivity contribution in [1.82, 2.24) is 25.4 Å². The van der Waals surface area contributed by atoms with E-state index in [1.54, 1.807) is 4.90 Å². The lowest BCUT2D eigenvalue weighted by Crippen LogP contribution is -2.44. The van der Waals surface area contributed by atoms with E-state index in [0.717, 1.165) is 38.2 Å². The lowest BCUT2D eigenvalue weighted by molar-refractivity contribution is 0.0763. The molecule has 0 aromatic carbocycles. The summed E-state index contributed by atoms with van der Waals surface area (Å²) >= 11 is 0. The van der Waals surface area contributed by atoms with Gasteiger partial charge in [0, 0.05) is 26.1 Å². The third-order valence-corrected chi connectivity index (χ3v) is 3.46. The average molecular weight is 265 g/mol. The molecule has 1 aliphatic rings. The first-order valence-electron chi connectivity index (χ1n) is 7.10. The molecule has 1 atom stereocenters. The first-order valence-corrected chi connectivity index (χ1v) is 7.10. The van der Waals surface area contributed by atoms with Gasteiger partial charge < -0.3 is 10.2 Å². The van der Waals surface area contributed by atoms with Gasteiger partial charge in [0.1, 0.15) is 5.82 Å². The summed E-state index contributed by atoms with van der Waals surface area (Å²) in [6.07, 6.45) is 5.42. The molecule has 1 aromatic heterocycles. The van der Waals surface area contributed by atoms with Gasteiger partial charge in [0.25, 0.3) is 5.91 Å². The quantitative estimate of drug-likeness (QED) is 0.832. The number of carbonyl (C=O) groups is 1. The van der Waals surface area contributed by atoms with Crippen molar-refractivity contribution >= 4 is 5.91 Å². The van der Waals surface area contributed by atoms with E-state index in [0.29, 0.717) is 6.04 Å². The maximum atomic E-state index is 12.2. The molecule has 19 heavy (non-hydrogen) atoms. The summed E-state index contributed by atoms with van der Waals surface area (Å²) in [6, 6.07) is 0.400. The van der Waals surface area contributed by atoms with Crippen LogP contribution in [0.4, 0.5) is 0 Å². The van der Waals surface area contributed by atoms with Gasteiger partial charge in [0.15, 0.2) is 0 Å². The second-order valence-corrected chi connectivity index (χ2v) is 5.19. The number of likely N-dealkylation sites (N-methyl/N-ethyl adjacent to an activating group) is 1. The molecule has 1 saturated heterocycles. The van der Waals surface area contributed by atoms with E-state index >= 15 is 0 Å². The number of aromatic amines is 1. The van der Waals surface area contributed by atoms with Crippen LogP contribution in [0.2, 0.25) is 0 Å². The zero-order valence-electron chi connectivity index (χ0n) is 11.8. The number of hydrogen-bond donors (Lipinski definition) is 2. The minimum absolute atomic E-state index is 0.106. The Bertz CT molecular complexity index is 411. The van der Waals surface area contributed by atoms with E-state index in [4.69, 9.17) is 0 Å². The Morgan fingerprint density at radius 1 is 1.47 bits per heavy atom. The van der Waals surface area contributed by atoms with Gasteiger partial charge in [-0.1, -0.05) is 13.3 Å². The fourth-order valence-corrected chi connectivity index (χ4v) is 2.40. The summed E-state index contributed by atoms with van der Waals surface area (Å²) in [4.78, 5) is 18.1. The second kappa shape index (κ2) is 6.65. The molecule has 2 heterocycles. The lowest BCUT2D eigenvalue weighted by Gasteiger charge is -2.27. The topological polar surface area (TPSA) is 73.9 Å². The zero-order chi connectivity index (χ0) is 13.7. The maximum absolute atomic E-state index is 12.2. The summed E-state index contributed by atoms with van der Waals surface area (Å²) in [5.74, 6) is 0.961. The number of nitrogens with zero attached hydrogens (tertiary/aromatic N) is 3. The molecule has 106 valence electrons. The molecular weight excluding hydrogens is 242 g/mol. The van der Waals surface area contributed by atoms with Crippen molar-refractivity contribution in [3.63, 3.8) is 0 Å². The number of aryl methyl sites for hydroxylation is 1. The molecule has 2 N–H and O–H groups in total. The molecule has 1 unspecified atom stereocenters. The van der Waals surface area contributed by atoms with Crippen LogP contribution in [-0.2, 0) is 6.42 Å². The van der Waals surface area contributed by atoms with Crippen molar-refractivity contribution in [2.75, 3.05) is 20.1 Å². The first kappa shape index (κ1) is 14.0. The van der Waals surface area contributed by atoms with Gasteiger partial charge in [-0.15, -0.1) is 5.10 Å². The third kappa shape index (κ3) is 3.76. The van der Waals surface area contributed by atoms with Crippen molar-refractivity contribution in [2.24, 2.45) is 0 Å². The van der Waals surface area contributed by atoms with Gasteiger partial charge in [-0.2, -0.15) is 0 Å². The highest BCUT2D eigenvalue weighted by Crippen LogP contribution is 2.09. The Kier molecular flexibility index (Phi) is 4.90. The van der Waals surface area contributed by atoms with E-state index in [1.165, 1.54) is 12.8 Å². The SMILES string of the molecule is CCCc1nc(C(=O)N(C)CC2CCCCN2)n[nH]1. The number of nitrogens with one attached hydrogen (secondary N) is 2. The molecule has 6 nitrogen and oxygen atoms in total. The number of aromatic nitrogens is 3. The van der Waals surface area contributed by atoms with Crippen LogP contribution in [0.3, 0.4) is 0 Å². The number of H-pyrrole nitrogens is 1. The van der Waals surface area contributed by atoms with Gasteiger partial charge in [0.2, 0.25) is 5.82 Å². The van der Waals surface area contributed by atoms with E-state index in [2.05, 4.69) is 27.4 Å². The Morgan fingerprint density at radius 2 is 2.32 bits per heavy atom. The smallest absolute Gasteiger partial charge is 0.293 e. The van der Waals surface area contributed by atoms with Crippen molar-refractivity contribution in [2.45, 2.75) is 45.1 Å². The van der Waals surface area contributed by atoms with Crippen LogP contribution >= 0.6 is 0 Å². The molecule has 1 amide bonds. The molecule has 0 aliphatic carbocycles. The van der Waals surface area contributed by atoms with Crippen LogP contribution in [0.1, 0.15) is 49.1 Å². The standard InChI is InChI=1S/C13H23N5O/c1-3-6-11-15-12(17-16-11)13(19)18(2)9-10-7-4-5-8-14-10/h10,14H,3-9H2,1-2H3,(H,15,16,17). The van der Waals surface area contributed by atoms with Crippen LogP contribution in [0, 0.1) is 0 Å². The van der Waals surface area contributed by atoms with Crippen LogP contribution in [0.5, 0.6) is 0 Å². The van der Waals surface area contributed by atoms with E-state index in [1.807, 2.05) is 7.05 Å². The van der Waals surface area contributed by atoms with Gasteiger partial charge in [0.05, 0.1) is 0 Å². The molecule has 0 bridgehead atoms. The minimum Gasteiger partial charge on any atom is -0.337 e. The number of carbonyl (C=O) groups excluding carboxylic acids is 1. The van der Waals surface area contributed by atoms with Crippen molar-refractivity contribution in [3.05, 3.63) is 11.6 Å². The van der Waals surface area contributed by atoms with Crippen molar-refractivity contribution in [3.8, 4) is 0 Å². The summed E-state index contributed by atoms with van der Waals surface area (Å²) in [6.45, 7) is 3.84. The number of piperidine rings is 1. The Hall–Kier alpha value is -1.43. The molecule has 0 spiro atoms. The van der Waals surface area contributed by atoms with Crippen LogP contribution in [0.25, 0.3) is 0 Å². The minimum atomic E-state index is -0.106. The summed E-state index contributed by atoms with van der Waals surface area (Å²) in [7, 11) is 1.81. The highest BCUT2D eigenvalue weighted by atomic mass is 16.2. The second-order valence-electron chi connectivity index (χ2n) is 5.19. The van der Waals surface area contributed by atoms with Crippen LogP contribution in [-0.4, -0.2) is 52.2 Å². The van der Waals surface area contributed by atoms with Gasteiger partial charge in [-0.3, -0.25) is 9.89 Å². The van der Waals surface area contributed by atoms with Crippen molar-refractivity contribution in [1.29, 1.82) is 0 Å². The highest BCUT2D eigenvalue weighted by Gasteiger charge is 2.21. The number of hydrogen-bond acceptors (Lipinski definition) is 4.